The third kappa shape index (κ3) is 5.32. The van der Waals surface area contributed by atoms with Crippen molar-refractivity contribution in [3.8, 4) is 17.2 Å². The minimum Gasteiger partial charge on any atom is -0.507 e. The van der Waals surface area contributed by atoms with Crippen LogP contribution in [0.15, 0.2) is 48.0 Å². The third-order valence-corrected chi connectivity index (χ3v) is 6.46. The van der Waals surface area contributed by atoms with Gasteiger partial charge in [-0.15, -0.1) is 0 Å². The van der Waals surface area contributed by atoms with Gasteiger partial charge in [0.25, 0.3) is 11.7 Å². The fraction of sp³-hybridized carbons (Fsp3) is 0.407. The average Bonchev–Trinajstić information content (AvgIpc) is 3.15. The van der Waals surface area contributed by atoms with Gasteiger partial charge in [-0.05, 0) is 43.2 Å². The van der Waals surface area contributed by atoms with E-state index in [-0.39, 0.29) is 22.8 Å². The molecular weight excluding hydrogens is 464 g/mol. The van der Waals surface area contributed by atoms with Crippen LogP contribution >= 0.6 is 0 Å². The van der Waals surface area contributed by atoms with Crippen LogP contribution in [-0.2, 0) is 14.3 Å². The quantitative estimate of drug-likeness (QED) is 0.310. The molecule has 9 heteroatoms. The number of aliphatic hydroxyl groups is 1. The van der Waals surface area contributed by atoms with Gasteiger partial charge in [0.15, 0.2) is 11.5 Å². The number of hydrogen-bond acceptors (Lipinski definition) is 8. The number of nitrogens with zero attached hydrogens (tertiary/aromatic N) is 2. The number of likely N-dealkylation sites (tertiary alicyclic amines) is 1. The number of methoxy groups -OCH3 is 1. The van der Waals surface area contributed by atoms with Crippen LogP contribution in [0.25, 0.3) is 5.76 Å². The fourth-order valence-electron chi connectivity index (χ4n) is 4.64. The van der Waals surface area contributed by atoms with Crippen LogP contribution in [0.1, 0.15) is 30.5 Å². The molecule has 0 aromatic heterocycles. The van der Waals surface area contributed by atoms with E-state index in [9.17, 15) is 19.8 Å². The normalized spacial score (nSPS) is 20.1. The second kappa shape index (κ2) is 11.5. The van der Waals surface area contributed by atoms with E-state index in [1.54, 1.807) is 43.3 Å². The molecule has 2 aromatic carbocycles. The number of rotatable bonds is 9. The van der Waals surface area contributed by atoms with Crippen molar-refractivity contribution in [1.82, 2.24) is 9.80 Å². The highest BCUT2D eigenvalue weighted by Crippen LogP contribution is 2.42. The number of phenols is 1. The highest BCUT2D eigenvalue weighted by atomic mass is 16.5. The SMILES string of the molecule is CCOc1cc(C2/C(=C(\O)c3cccc(OC)c3)C(=O)C(=O)N2CCCN2CCOCC2)ccc1O. The summed E-state index contributed by atoms with van der Waals surface area (Å²) in [5.74, 6) is -0.985. The molecule has 192 valence electrons. The molecule has 0 radical (unpaired) electrons. The first-order chi connectivity index (χ1) is 17.4. The molecule has 2 N–H and O–H groups in total. The zero-order valence-electron chi connectivity index (χ0n) is 20.6. The lowest BCUT2D eigenvalue weighted by Gasteiger charge is -2.29. The molecule has 0 bridgehead atoms. The number of phenolic OH excluding ortho intramolecular Hbond substituents is 1. The Labute approximate surface area is 210 Å². The van der Waals surface area contributed by atoms with Crippen LogP contribution in [-0.4, -0.2) is 84.8 Å². The summed E-state index contributed by atoms with van der Waals surface area (Å²) in [6, 6.07) is 10.6. The van der Waals surface area contributed by atoms with E-state index in [4.69, 9.17) is 14.2 Å². The Hall–Kier alpha value is -3.56. The topological polar surface area (TPSA) is 109 Å². The predicted molar refractivity (Wildman–Crippen MR) is 133 cm³/mol. The number of ether oxygens (including phenoxy) is 3. The Bertz CT molecular complexity index is 1140. The first kappa shape index (κ1) is 25.5. The molecule has 2 saturated heterocycles. The van der Waals surface area contributed by atoms with Gasteiger partial charge in [-0.2, -0.15) is 0 Å². The van der Waals surface area contributed by atoms with Crippen molar-refractivity contribution in [2.75, 3.05) is 53.1 Å². The Balaban J connectivity index is 1.72. The number of aromatic hydroxyl groups is 1. The Morgan fingerprint density at radius 3 is 2.61 bits per heavy atom. The lowest BCUT2D eigenvalue weighted by molar-refractivity contribution is -0.140. The van der Waals surface area contributed by atoms with E-state index < -0.39 is 17.7 Å². The van der Waals surface area contributed by atoms with Gasteiger partial charge in [0.2, 0.25) is 0 Å². The number of morpholine rings is 1. The Kier molecular flexibility index (Phi) is 8.12. The van der Waals surface area contributed by atoms with Crippen molar-refractivity contribution < 1.29 is 34.0 Å². The van der Waals surface area contributed by atoms with Gasteiger partial charge in [-0.25, -0.2) is 0 Å². The number of carbonyl (C=O) groups is 2. The number of hydrogen-bond donors (Lipinski definition) is 2. The largest absolute Gasteiger partial charge is 0.507 e. The number of aliphatic hydroxyl groups excluding tert-OH is 1. The van der Waals surface area contributed by atoms with Crippen LogP contribution < -0.4 is 9.47 Å². The summed E-state index contributed by atoms with van der Waals surface area (Å²) in [6.45, 7) is 6.23. The first-order valence-corrected chi connectivity index (χ1v) is 12.1. The van der Waals surface area contributed by atoms with E-state index >= 15 is 0 Å². The third-order valence-electron chi connectivity index (χ3n) is 6.46. The monoisotopic (exact) mass is 496 g/mol. The lowest BCUT2D eigenvalue weighted by atomic mass is 9.95. The number of Topliss-reactive ketones (excluding diaryl/α,β-unsaturated/α-hetero) is 1. The van der Waals surface area contributed by atoms with Crippen LogP contribution in [0.3, 0.4) is 0 Å². The minimum absolute atomic E-state index is 0.00670. The van der Waals surface area contributed by atoms with Gasteiger partial charge in [0.05, 0.1) is 38.5 Å². The predicted octanol–water partition coefficient (Wildman–Crippen LogP) is 2.94. The van der Waals surface area contributed by atoms with Gasteiger partial charge >= 0.3 is 0 Å². The maximum absolute atomic E-state index is 13.3. The van der Waals surface area contributed by atoms with Gasteiger partial charge in [0.1, 0.15) is 11.5 Å². The summed E-state index contributed by atoms with van der Waals surface area (Å²) in [5.41, 5.74) is 0.925. The van der Waals surface area contributed by atoms with E-state index in [2.05, 4.69) is 4.90 Å². The van der Waals surface area contributed by atoms with E-state index in [0.29, 0.717) is 49.7 Å². The smallest absolute Gasteiger partial charge is 0.295 e. The molecule has 0 saturated carbocycles. The molecule has 4 rings (SSSR count). The Morgan fingerprint density at radius 1 is 1.11 bits per heavy atom. The lowest BCUT2D eigenvalue weighted by Crippen LogP contribution is -2.38. The minimum atomic E-state index is -0.833. The molecule has 36 heavy (non-hydrogen) atoms. The van der Waals surface area contributed by atoms with Crippen molar-refractivity contribution in [3.63, 3.8) is 0 Å². The zero-order valence-corrected chi connectivity index (χ0v) is 20.6. The summed E-state index contributed by atoms with van der Waals surface area (Å²) < 4.78 is 16.2. The summed E-state index contributed by atoms with van der Waals surface area (Å²) in [5, 5.41) is 21.5. The van der Waals surface area contributed by atoms with Crippen molar-refractivity contribution in [2.45, 2.75) is 19.4 Å². The summed E-state index contributed by atoms with van der Waals surface area (Å²) in [7, 11) is 1.51. The molecule has 2 aliphatic heterocycles. The second-order valence-corrected chi connectivity index (χ2v) is 8.69. The highest BCUT2D eigenvalue weighted by molar-refractivity contribution is 6.46. The van der Waals surface area contributed by atoms with Gasteiger partial charge in [0, 0.05) is 31.7 Å². The van der Waals surface area contributed by atoms with E-state index in [0.717, 1.165) is 19.6 Å². The molecule has 2 heterocycles. The molecular formula is C27H32N2O7. The summed E-state index contributed by atoms with van der Waals surface area (Å²) in [4.78, 5) is 30.2. The van der Waals surface area contributed by atoms with E-state index in [1.807, 2.05) is 0 Å². The molecule has 1 unspecified atom stereocenters. The molecule has 1 amide bonds. The highest BCUT2D eigenvalue weighted by Gasteiger charge is 2.46. The van der Waals surface area contributed by atoms with Crippen LogP contribution in [0, 0.1) is 0 Å². The average molecular weight is 497 g/mol. The maximum Gasteiger partial charge on any atom is 0.295 e. The number of benzene rings is 2. The van der Waals surface area contributed by atoms with Crippen molar-refractivity contribution in [2.24, 2.45) is 0 Å². The molecule has 2 aromatic rings. The summed E-state index contributed by atoms with van der Waals surface area (Å²) in [6.07, 6.45) is 0.652. The molecule has 1 atom stereocenters. The molecule has 2 fully saturated rings. The summed E-state index contributed by atoms with van der Waals surface area (Å²) >= 11 is 0. The van der Waals surface area contributed by atoms with Crippen LogP contribution in [0.2, 0.25) is 0 Å². The zero-order chi connectivity index (χ0) is 25.7. The van der Waals surface area contributed by atoms with Crippen molar-refractivity contribution in [3.05, 3.63) is 59.2 Å². The van der Waals surface area contributed by atoms with Gasteiger partial charge in [-0.1, -0.05) is 18.2 Å². The Morgan fingerprint density at radius 2 is 1.89 bits per heavy atom. The second-order valence-electron chi connectivity index (χ2n) is 8.69. The fourth-order valence-corrected chi connectivity index (χ4v) is 4.64. The molecule has 2 aliphatic rings. The van der Waals surface area contributed by atoms with Gasteiger partial charge in [-0.3, -0.25) is 14.5 Å². The number of carbonyl (C=O) groups excluding carboxylic acids is 2. The van der Waals surface area contributed by atoms with Crippen molar-refractivity contribution in [1.29, 1.82) is 0 Å². The standard InChI is InChI=1S/C27H32N2O7/c1-3-36-22-17-18(8-9-21(22)30)24-23(25(31)19-6-4-7-20(16-19)34-2)26(32)27(33)29(24)11-5-10-28-12-14-35-15-13-28/h4,6-9,16-17,24,30-31H,3,5,10-15H2,1-2H3/b25-23+. The number of amides is 1. The molecule has 0 aliphatic carbocycles. The maximum atomic E-state index is 13.3. The molecule has 0 spiro atoms. The van der Waals surface area contributed by atoms with Gasteiger partial charge < -0.3 is 29.3 Å². The molecule has 9 nitrogen and oxygen atoms in total. The van der Waals surface area contributed by atoms with Crippen LogP contribution in [0.4, 0.5) is 0 Å². The first-order valence-electron chi connectivity index (χ1n) is 12.1. The number of ketones is 1. The van der Waals surface area contributed by atoms with Crippen LogP contribution in [0.5, 0.6) is 17.2 Å². The van der Waals surface area contributed by atoms with Crippen molar-refractivity contribution >= 4 is 17.4 Å². The van der Waals surface area contributed by atoms with E-state index in [1.165, 1.54) is 18.1 Å².